The molecule has 0 unspecified atom stereocenters. The molecule has 1 heterocycles. The van der Waals surface area contributed by atoms with Gasteiger partial charge in [0.15, 0.2) is 0 Å². The number of amides is 1. The molecule has 21 heavy (non-hydrogen) atoms. The molecule has 1 amide bonds. The Morgan fingerprint density at radius 2 is 2.10 bits per heavy atom. The van der Waals surface area contributed by atoms with Gasteiger partial charge in [0, 0.05) is 18.8 Å². The van der Waals surface area contributed by atoms with Gasteiger partial charge in [0.1, 0.15) is 12.3 Å². The van der Waals surface area contributed by atoms with Crippen LogP contribution in [0.15, 0.2) is 24.0 Å². The van der Waals surface area contributed by atoms with E-state index in [0.29, 0.717) is 12.4 Å². The predicted octanol–water partition coefficient (Wildman–Crippen LogP) is 2.78. The van der Waals surface area contributed by atoms with Gasteiger partial charge in [-0.25, -0.2) is 9.59 Å². The van der Waals surface area contributed by atoms with Crippen molar-refractivity contribution in [1.82, 2.24) is 9.80 Å². The molecule has 6 nitrogen and oxygen atoms in total. The highest BCUT2D eigenvalue weighted by Gasteiger charge is 2.29. The zero-order valence-corrected chi connectivity index (χ0v) is 13.1. The second kappa shape index (κ2) is 7.15. The van der Waals surface area contributed by atoms with Gasteiger partial charge < -0.3 is 14.7 Å². The van der Waals surface area contributed by atoms with E-state index in [1.807, 2.05) is 4.90 Å². The monoisotopic (exact) mass is 296 g/mol. The molecule has 1 N–H and O–H groups in total. The number of carboxylic acid groups (broad SMARTS) is 1. The zero-order valence-electron chi connectivity index (χ0n) is 13.1. The van der Waals surface area contributed by atoms with Crippen molar-refractivity contribution >= 4 is 12.1 Å². The minimum absolute atomic E-state index is 0.383. The van der Waals surface area contributed by atoms with Crippen LogP contribution in [0.2, 0.25) is 0 Å². The van der Waals surface area contributed by atoms with E-state index in [1.54, 1.807) is 27.0 Å². The van der Waals surface area contributed by atoms with E-state index >= 15 is 0 Å². The number of aliphatic carboxylic acids is 1. The number of hydrogen-bond acceptors (Lipinski definition) is 4. The van der Waals surface area contributed by atoms with Crippen LogP contribution in [0.5, 0.6) is 0 Å². The van der Waals surface area contributed by atoms with Gasteiger partial charge in [-0.2, -0.15) is 0 Å². The summed E-state index contributed by atoms with van der Waals surface area (Å²) in [5.41, 5.74) is -0.0574. The first-order valence-electron chi connectivity index (χ1n) is 7.10. The molecule has 0 aliphatic carbocycles. The fourth-order valence-corrected chi connectivity index (χ4v) is 1.83. The van der Waals surface area contributed by atoms with Crippen LogP contribution in [0.4, 0.5) is 4.79 Å². The van der Waals surface area contributed by atoms with E-state index in [0.717, 1.165) is 25.5 Å². The molecule has 0 atom stereocenters. The van der Waals surface area contributed by atoms with Gasteiger partial charge in [-0.15, -0.1) is 0 Å². The number of carbonyl (C=O) groups excluding carboxylic acids is 1. The number of carbonyl (C=O) groups is 2. The first-order valence-corrected chi connectivity index (χ1v) is 7.10. The molecule has 118 valence electrons. The first kappa shape index (κ1) is 17.1. The highest BCUT2D eigenvalue weighted by molar-refractivity contribution is 5.81. The summed E-state index contributed by atoms with van der Waals surface area (Å²) in [5, 5.41) is 8.73. The van der Waals surface area contributed by atoms with E-state index in [1.165, 1.54) is 11.0 Å². The van der Waals surface area contributed by atoms with Crippen LogP contribution in [0, 0.1) is 0 Å². The fourth-order valence-electron chi connectivity index (χ4n) is 1.83. The fraction of sp³-hybridized carbons (Fsp3) is 0.600. The molecule has 0 spiro atoms. The van der Waals surface area contributed by atoms with Crippen LogP contribution in [0.1, 0.15) is 40.5 Å². The van der Waals surface area contributed by atoms with Crippen LogP contribution in [0.25, 0.3) is 0 Å². The highest BCUT2D eigenvalue weighted by atomic mass is 16.6. The quantitative estimate of drug-likeness (QED) is 0.790. The van der Waals surface area contributed by atoms with Gasteiger partial charge in [-0.3, -0.25) is 4.90 Å². The largest absolute Gasteiger partial charge is 0.478 e. The molecule has 6 heteroatoms. The summed E-state index contributed by atoms with van der Waals surface area (Å²) in [4.78, 5) is 26.3. The standard InChI is InChI=1S/C15H24N2O4/c1-5-6-9-16-10-12(7-8-13(18)19)17(11-16)14(20)21-15(2,3)4/h7-8,10H,5-6,9,11H2,1-4H3,(H,18,19). The van der Waals surface area contributed by atoms with Gasteiger partial charge in [-0.1, -0.05) is 13.3 Å². The Labute approximate surface area is 125 Å². The molecule has 0 radical (unpaired) electrons. The Morgan fingerprint density at radius 1 is 1.43 bits per heavy atom. The summed E-state index contributed by atoms with van der Waals surface area (Å²) in [6.07, 6.45) is 5.82. The molecule has 0 aromatic carbocycles. The van der Waals surface area contributed by atoms with Gasteiger partial charge >= 0.3 is 12.1 Å². The number of ether oxygens (including phenoxy) is 1. The highest BCUT2D eigenvalue weighted by Crippen LogP contribution is 2.21. The Balaban J connectivity index is 2.83. The van der Waals surface area contributed by atoms with Crippen molar-refractivity contribution in [2.45, 2.75) is 46.1 Å². The van der Waals surface area contributed by atoms with Gasteiger partial charge in [0.25, 0.3) is 0 Å². The van der Waals surface area contributed by atoms with Crippen LogP contribution in [-0.4, -0.2) is 45.8 Å². The van der Waals surface area contributed by atoms with Crippen molar-refractivity contribution in [3.63, 3.8) is 0 Å². The molecule has 0 aromatic heterocycles. The number of allylic oxidation sites excluding steroid dienone is 1. The summed E-state index contributed by atoms with van der Waals surface area (Å²) in [7, 11) is 0. The first-order chi connectivity index (χ1) is 9.73. The van der Waals surface area contributed by atoms with Crippen LogP contribution < -0.4 is 0 Å². The molecule has 0 saturated carbocycles. The summed E-state index contributed by atoms with van der Waals surface area (Å²) >= 11 is 0. The van der Waals surface area contributed by atoms with Crippen molar-refractivity contribution in [2.75, 3.05) is 13.2 Å². The molecular weight excluding hydrogens is 272 g/mol. The average Bonchev–Trinajstić information content (AvgIpc) is 2.75. The molecular formula is C15H24N2O4. The van der Waals surface area contributed by atoms with E-state index in [-0.39, 0.29) is 0 Å². The number of nitrogens with zero attached hydrogens (tertiary/aromatic N) is 2. The number of unbranched alkanes of at least 4 members (excludes halogenated alkanes) is 1. The molecule has 1 rings (SSSR count). The van der Waals surface area contributed by atoms with Crippen molar-refractivity contribution in [3.8, 4) is 0 Å². The molecule has 0 saturated heterocycles. The van der Waals surface area contributed by atoms with Gasteiger partial charge in [-0.05, 0) is 33.3 Å². The Kier molecular flexibility index (Phi) is 5.81. The summed E-state index contributed by atoms with van der Waals surface area (Å²) < 4.78 is 5.35. The third-order valence-corrected chi connectivity index (χ3v) is 2.76. The normalized spacial score (nSPS) is 15.5. The molecule has 1 aliphatic heterocycles. The topological polar surface area (TPSA) is 70.1 Å². The minimum Gasteiger partial charge on any atom is -0.478 e. The van der Waals surface area contributed by atoms with E-state index in [9.17, 15) is 9.59 Å². The Hall–Kier alpha value is -1.98. The van der Waals surface area contributed by atoms with E-state index < -0.39 is 17.7 Å². The maximum atomic E-state index is 12.2. The lowest BCUT2D eigenvalue weighted by atomic mass is 10.2. The molecule has 1 aliphatic rings. The maximum absolute atomic E-state index is 12.2. The van der Waals surface area contributed by atoms with Crippen molar-refractivity contribution in [2.24, 2.45) is 0 Å². The average molecular weight is 296 g/mol. The third kappa shape index (κ3) is 5.89. The van der Waals surface area contributed by atoms with Crippen LogP contribution in [0.3, 0.4) is 0 Å². The zero-order chi connectivity index (χ0) is 16.0. The van der Waals surface area contributed by atoms with Crippen LogP contribution in [-0.2, 0) is 9.53 Å². The van der Waals surface area contributed by atoms with E-state index in [4.69, 9.17) is 9.84 Å². The van der Waals surface area contributed by atoms with Crippen molar-refractivity contribution < 1.29 is 19.4 Å². The number of carboxylic acids is 1. The minimum atomic E-state index is -1.05. The Bertz CT molecular complexity index is 449. The van der Waals surface area contributed by atoms with Gasteiger partial charge in [0.05, 0.1) is 5.70 Å². The van der Waals surface area contributed by atoms with Crippen LogP contribution >= 0.6 is 0 Å². The summed E-state index contributed by atoms with van der Waals surface area (Å²) in [6, 6.07) is 0. The third-order valence-electron chi connectivity index (χ3n) is 2.76. The molecule has 0 bridgehead atoms. The predicted molar refractivity (Wildman–Crippen MR) is 79.4 cm³/mol. The van der Waals surface area contributed by atoms with Gasteiger partial charge in [0.2, 0.25) is 0 Å². The second-order valence-electron chi connectivity index (χ2n) is 5.94. The smallest absolute Gasteiger partial charge is 0.416 e. The van der Waals surface area contributed by atoms with E-state index in [2.05, 4.69) is 6.92 Å². The summed E-state index contributed by atoms with van der Waals surface area (Å²) in [6.45, 7) is 8.69. The second-order valence-corrected chi connectivity index (χ2v) is 5.94. The molecule has 0 fully saturated rings. The lowest BCUT2D eigenvalue weighted by Gasteiger charge is -2.26. The van der Waals surface area contributed by atoms with Crippen molar-refractivity contribution in [1.29, 1.82) is 0 Å². The lowest BCUT2D eigenvalue weighted by molar-refractivity contribution is -0.131. The number of rotatable bonds is 5. The maximum Gasteiger partial charge on any atom is 0.416 e. The summed E-state index contributed by atoms with van der Waals surface area (Å²) in [5.74, 6) is -1.05. The lowest BCUT2D eigenvalue weighted by Crippen LogP contribution is -2.37. The SMILES string of the molecule is CCCCN1C=C(C=CC(=O)O)N(C(=O)OC(C)(C)C)C1. The Morgan fingerprint density at radius 3 is 2.62 bits per heavy atom. The number of hydrogen-bond donors (Lipinski definition) is 1. The molecule has 0 aromatic rings. The van der Waals surface area contributed by atoms with Crippen molar-refractivity contribution in [3.05, 3.63) is 24.0 Å².